The summed E-state index contributed by atoms with van der Waals surface area (Å²) >= 11 is 0. The molecule has 0 saturated carbocycles. The third-order valence-electron chi connectivity index (χ3n) is 3.48. The summed E-state index contributed by atoms with van der Waals surface area (Å²) in [5.41, 5.74) is 1.73. The quantitative estimate of drug-likeness (QED) is 0.770. The Bertz CT molecular complexity index is 770. The monoisotopic (exact) mass is 414 g/mol. The van der Waals surface area contributed by atoms with Gasteiger partial charge >= 0.3 is 12.3 Å². The molecule has 0 aliphatic heterocycles. The molecule has 0 aromatic heterocycles. The fourth-order valence-corrected chi connectivity index (χ4v) is 1.74. The molecule has 0 bridgehead atoms. The predicted molar refractivity (Wildman–Crippen MR) is 110 cm³/mol. The van der Waals surface area contributed by atoms with Gasteiger partial charge in [0.25, 0.3) is 0 Å². The van der Waals surface area contributed by atoms with E-state index in [0.717, 1.165) is 17.8 Å². The Labute approximate surface area is 175 Å². The standard InChI is InChI=1S/C11H15NO.C9H11NO.2CO2/c1-3-9(2)11(13)12-10-7-5-4-6-8-10;1-2-9(11)10-8-6-4-3-5-7-8;2*2-1-3/h4-9H,3H2,1-2H3,(H,12,13);3-7H,2H2,1H3,(H,10,11);;. The first-order valence-corrected chi connectivity index (χ1v) is 9.09. The lowest BCUT2D eigenvalue weighted by Crippen LogP contribution is -2.19. The number of rotatable bonds is 5. The number of carbonyl (C=O) groups excluding carboxylic acids is 6. The zero-order valence-corrected chi connectivity index (χ0v) is 17.2. The summed E-state index contributed by atoms with van der Waals surface area (Å²) in [6, 6.07) is 19.0. The van der Waals surface area contributed by atoms with Crippen LogP contribution in [0, 0.1) is 5.92 Å². The van der Waals surface area contributed by atoms with Crippen molar-refractivity contribution in [2.45, 2.75) is 33.6 Å². The van der Waals surface area contributed by atoms with Gasteiger partial charge in [0.2, 0.25) is 11.8 Å². The Kier molecular flexibility index (Phi) is 18.8. The van der Waals surface area contributed by atoms with E-state index in [4.69, 9.17) is 19.2 Å². The Morgan fingerprint density at radius 1 is 0.767 bits per heavy atom. The van der Waals surface area contributed by atoms with Crippen molar-refractivity contribution < 1.29 is 28.8 Å². The van der Waals surface area contributed by atoms with Crippen molar-refractivity contribution >= 4 is 35.5 Å². The Balaban J connectivity index is 0. The van der Waals surface area contributed by atoms with Crippen molar-refractivity contribution in [3.8, 4) is 0 Å². The number of amides is 2. The van der Waals surface area contributed by atoms with Gasteiger partial charge in [-0.05, 0) is 30.7 Å². The smallest absolute Gasteiger partial charge is 0.326 e. The van der Waals surface area contributed by atoms with Gasteiger partial charge in [0.05, 0.1) is 0 Å². The molecule has 8 nitrogen and oxygen atoms in total. The summed E-state index contributed by atoms with van der Waals surface area (Å²) in [5.74, 6) is 0.227. The van der Waals surface area contributed by atoms with Crippen LogP contribution in [0.15, 0.2) is 60.7 Å². The second-order valence-electron chi connectivity index (χ2n) is 5.60. The maximum Gasteiger partial charge on any atom is 0.373 e. The topological polar surface area (TPSA) is 126 Å². The van der Waals surface area contributed by atoms with Crippen LogP contribution in [0.4, 0.5) is 11.4 Å². The van der Waals surface area contributed by atoms with Crippen LogP contribution in [0.5, 0.6) is 0 Å². The lowest BCUT2D eigenvalue weighted by Gasteiger charge is -2.09. The number of para-hydroxylation sites is 2. The van der Waals surface area contributed by atoms with Gasteiger partial charge in [-0.25, -0.2) is 0 Å². The SMILES string of the molecule is CCC(=O)Nc1ccccc1.CCC(C)C(=O)Nc1ccccc1.O=C=O.O=C=O. The lowest BCUT2D eigenvalue weighted by atomic mass is 10.1. The van der Waals surface area contributed by atoms with E-state index >= 15 is 0 Å². The van der Waals surface area contributed by atoms with Crippen LogP contribution in [0.25, 0.3) is 0 Å². The average Bonchev–Trinajstić information content (AvgIpc) is 2.76. The van der Waals surface area contributed by atoms with Gasteiger partial charge in [-0.15, -0.1) is 0 Å². The zero-order valence-electron chi connectivity index (χ0n) is 17.2. The van der Waals surface area contributed by atoms with Crippen LogP contribution in [0.1, 0.15) is 33.6 Å². The van der Waals surface area contributed by atoms with E-state index in [1.165, 1.54) is 0 Å². The summed E-state index contributed by atoms with van der Waals surface area (Å²) in [6.45, 7) is 5.77. The molecule has 160 valence electrons. The predicted octanol–water partition coefficient (Wildman–Crippen LogP) is 3.54. The van der Waals surface area contributed by atoms with Crippen LogP contribution in [-0.2, 0) is 28.8 Å². The van der Waals surface area contributed by atoms with Crippen molar-refractivity contribution in [1.29, 1.82) is 0 Å². The molecule has 2 aromatic rings. The van der Waals surface area contributed by atoms with E-state index in [1.807, 2.05) is 81.4 Å². The maximum atomic E-state index is 11.4. The van der Waals surface area contributed by atoms with Crippen molar-refractivity contribution in [2.75, 3.05) is 10.6 Å². The average molecular weight is 414 g/mol. The molecule has 2 aromatic carbocycles. The number of nitrogens with one attached hydrogen (secondary N) is 2. The molecule has 1 unspecified atom stereocenters. The Hall–Kier alpha value is -3.86. The van der Waals surface area contributed by atoms with Crippen LogP contribution in [0.3, 0.4) is 0 Å². The fraction of sp³-hybridized carbons (Fsp3) is 0.273. The maximum absolute atomic E-state index is 11.4. The summed E-state index contributed by atoms with van der Waals surface area (Å²) in [5, 5.41) is 5.61. The highest BCUT2D eigenvalue weighted by atomic mass is 16.2. The molecule has 2 amide bonds. The third-order valence-corrected chi connectivity index (χ3v) is 3.48. The number of carbonyl (C=O) groups is 2. The van der Waals surface area contributed by atoms with Crippen molar-refractivity contribution in [1.82, 2.24) is 0 Å². The first kappa shape index (κ1) is 28.4. The van der Waals surface area contributed by atoms with E-state index < -0.39 is 0 Å². The summed E-state index contributed by atoms with van der Waals surface area (Å²) in [4.78, 5) is 54.8. The van der Waals surface area contributed by atoms with Crippen molar-refractivity contribution in [2.24, 2.45) is 5.92 Å². The second kappa shape index (κ2) is 19.9. The second-order valence-corrected chi connectivity index (χ2v) is 5.60. The highest BCUT2D eigenvalue weighted by molar-refractivity contribution is 5.92. The number of benzene rings is 2. The van der Waals surface area contributed by atoms with E-state index in [9.17, 15) is 9.59 Å². The molecule has 0 aliphatic rings. The van der Waals surface area contributed by atoms with Crippen LogP contribution in [0.2, 0.25) is 0 Å². The van der Waals surface area contributed by atoms with Gasteiger partial charge < -0.3 is 10.6 Å². The van der Waals surface area contributed by atoms with Gasteiger partial charge in [-0.3, -0.25) is 9.59 Å². The molecule has 0 spiro atoms. The number of hydrogen-bond acceptors (Lipinski definition) is 6. The molecule has 0 aliphatic carbocycles. The van der Waals surface area contributed by atoms with E-state index in [0.29, 0.717) is 6.42 Å². The molecule has 0 heterocycles. The zero-order chi connectivity index (χ0) is 23.2. The van der Waals surface area contributed by atoms with Gasteiger partial charge in [-0.1, -0.05) is 57.2 Å². The van der Waals surface area contributed by atoms with Crippen LogP contribution in [-0.4, -0.2) is 24.1 Å². The normalized spacial score (nSPS) is 9.17. The molecule has 0 radical (unpaired) electrons. The Morgan fingerprint density at radius 3 is 1.47 bits per heavy atom. The minimum Gasteiger partial charge on any atom is -0.326 e. The molecule has 1 atom stereocenters. The number of anilines is 2. The third kappa shape index (κ3) is 16.3. The minimum absolute atomic E-state index is 0.0520. The van der Waals surface area contributed by atoms with Gasteiger partial charge in [0, 0.05) is 23.7 Å². The molecule has 0 fully saturated rings. The summed E-state index contributed by atoms with van der Waals surface area (Å²) in [7, 11) is 0. The lowest BCUT2D eigenvalue weighted by molar-refractivity contribution is -0.193. The van der Waals surface area contributed by atoms with E-state index in [-0.39, 0.29) is 30.0 Å². The molecule has 0 saturated heterocycles. The van der Waals surface area contributed by atoms with Gasteiger partial charge in [0.15, 0.2) is 0 Å². The molecule has 2 rings (SSSR count). The fourth-order valence-electron chi connectivity index (χ4n) is 1.74. The Morgan fingerprint density at radius 2 is 1.13 bits per heavy atom. The summed E-state index contributed by atoms with van der Waals surface area (Å²) in [6.07, 6.45) is 1.90. The molecule has 8 heteroatoms. The van der Waals surface area contributed by atoms with E-state index in [2.05, 4.69) is 10.6 Å². The molecule has 2 N–H and O–H groups in total. The van der Waals surface area contributed by atoms with Gasteiger partial charge in [-0.2, -0.15) is 19.2 Å². The van der Waals surface area contributed by atoms with Crippen molar-refractivity contribution in [3.63, 3.8) is 0 Å². The van der Waals surface area contributed by atoms with Crippen LogP contribution < -0.4 is 10.6 Å². The molecule has 30 heavy (non-hydrogen) atoms. The highest BCUT2D eigenvalue weighted by Crippen LogP contribution is 2.09. The number of hydrogen-bond donors (Lipinski definition) is 2. The van der Waals surface area contributed by atoms with Crippen molar-refractivity contribution in [3.05, 3.63) is 60.7 Å². The molecular formula is C22H26N2O6. The van der Waals surface area contributed by atoms with Gasteiger partial charge in [0.1, 0.15) is 0 Å². The van der Waals surface area contributed by atoms with E-state index in [1.54, 1.807) is 0 Å². The summed E-state index contributed by atoms with van der Waals surface area (Å²) < 4.78 is 0. The van der Waals surface area contributed by atoms with Crippen LogP contribution >= 0.6 is 0 Å². The first-order chi connectivity index (χ1) is 14.4. The first-order valence-electron chi connectivity index (χ1n) is 9.09. The minimum atomic E-state index is 0.0520. The highest BCUT2D eigenvalue weighted by Gasteiger charge is 2.09. The molecular weight excluding hydrogens is 388 g/mol. The largest absolute Gasteiger partial charge is 0.373 e.